The Labute approximate surface area is 80.5 Å². The van der Waals surface area contributed by atoms with Crippen LogP contribution in [0.15, 0.2) is 0 Å². The van der Waals surface area contributed by atoms with Crippen molar-refractivity contribution in [2.75, 3.05) is 26.7 Å². The van der Waals surface area contributed by atoms with Gasteiger partial charge in [-0.05, 0) is 24.8 Å². The number of nitrogens with one attached hydrogen (secondary N) is 1. The zero-order valence-electron chi connectivity index (χ0n) is 8.89. The third kappa shape index (κ3) is 2.69. The number of carbonyl (C=O) groups excluding carboxylic acids is 1. The van der Waals surface area contributed by atoms with Gasteiger partial charge in [-0.15, -0.1) is 0 Å². The van der Waals surface area contributed by atoms with Gasteiger partial charge in [0.1, 0.15) is 0 Å². The van der Waals surface area contributed by atoms with Crippen molar-refractivity contribution in [3.8, 4) is 0 Å². The van der Waals surface area contributed by atoms with Crippen molar-refractivity contribution in [3.05, 3.63) is 0 Å². The van der Waals surface area contributed by atoms with E-state index in [1.54, 1.807) is 7.05 Å². The number of hydrogen-bond donors (Lipinski definition) is 1. The lowest BCUT2D eigenvalue weighted by molar-refractivity contribution is -0.121. The zero-order chi connectivity index (χ0) is 9.90. The summed E-state index contributed by atoms with van der Waals surface area (Å²) in [4.78, 5) is 13.4. The number of hydrogen-bond acceptors (Lipinski definition) is 2. The molecule has 0 aromatic heterocycles. The summed E-state index contributed by atoms with van der Waals surface area (Å²) in [5, 5.41) is 2.66. The van der Waals surface area contributed by atoms with E-state index in [2.05, 4.69) is 24.1 Å². The topological polar surface area (TPSA) is 32.3 Å². The summed E-state index contributed by atoms with van der Waals surface area (Å²) >= 11 is 0. The molecule has 1 aliphatic rings. The second-order valence-electron chi connectivity index (χ2n) is 4.30. The van der Waals surface area contributed by atoms with Gasteiger partial charge in [0.05, 0.1) is 6.54 Å². The van der Waals surface area contributed by atoms with Crippen molar-refractivity contribution in [2.45, 2.75) is 26.7 Å². The first-order valence-corrected chi connectivity index (χ1v) is 5.02. The molecule has 0 radical (unpaired) electrons. The summed E-state index contributed by atoms with van der Waals surface area (Å²) in [7, 11) is 1.69. The first-order chi connectivity index (χ1) is 6.09. The Morgan fingerprint density at radius 1 is 1.62 bits per heavy atom. The van der Waals surface area contributed by atoms with Crippen molar-refractivity contribution < 1.29 is 4.79 Å². The average molecular weight is 184 g/mol. The fraction of sp³-hybridized carbons (Fsp3) is 0.900. The molecule has 1 fully saturated rings. The maximum absolute atomic E-state index is 11.1. The molecule has 1 unspecified atom stereocenters. The number of likely N-dealkylation sites (N-methyl/N-ethyl adjacent to an activating group) is 1. The van der Waals surface area contributed by atoms with Gasteiger partial charge in [0.15, 0.2) is 0 Å². The second kappa shape index (κ2) is 4.09. The van der Waals surface area contributed by atoms with Crippen LogP contribution in [0.25, 0.3) is 0 Å². The third-order valence-electron chi connectivity index (χ3n) is 3.14. The summed E-state index contributed by atoms with van der Waals surface area (Å²) in [6.45, 7) is 7.22. The molecule has 0 spiro atoms. The van der Waals surface area contributed by atoms with E-state index in [4.69, 9.17) is 0 Å². The third-order valence-corrected chi connectivity index (χ3v) is 3.14. The molecule has 0 bridgehead atoms. The number of carbonyl (C=O) groups is 1. The number of nitrogens with zero attached hydrogens (tertiary/aromatic N) is 1. The van der Waals surface area contributed by atoms with E-state index in [1.807, 2.05) is 0 Å². The van der Waals surface area contributed by atoms with E-state index >= 15 is 0 Å². The fourth-order valence-corrected chi connectivity index (χ4v) is 1.83. The molecule has 76 valence electrons. The maximum Gasteiger partial charge on any atom is 0.233 e. The second-order valence-corrected chi connectivity index (χ2v) is 4.30. The van der Waals surface area contributed by atoms with Gasteiger partial charge in [0.25, 0.3) is 0 Å². The van der Waals surface area contributed by atoms with E-state index < -0.39 is 0 Å². The van der Waals surface area contributed by atoms with Crippen LogP contribution in [0.4, 0.5) is 0 Å². The van der Waals surface area contributed by atoms with Crippen LogP contribution in [0.5, 0.6) is 0 Å². The lowest BCUT2D eigenvalue weighted by Crippen LogP contribution is -2.35. The number of likely N-dealkylation sites (tertiary alicyclic amines) is 1. The summed E-state index contributed by atoms with van der Waals surface area (Å²) in [6, 6.07) is 0. The standard InChI is InChI=1S/C10H20N2O/c1-4-10(2)5-6-12(8-10)7-9(13)11-3/h4-8H2,1-3H3,(H,11,13). The number of amides is 1. The minimum absolute atomic E-state index is 0.125. The fourth-order valence-electron chi connectivity index (χ4n) is 1.83. The lowest BCUT2D eigenvalue weighted by atomic mass is 9.87. The molecule has 1 saturated heterocycles. The highest BCUT2D eigenvalue weighted by atomic mass is 16.1. The molecule has 3 heteroatoms. The molecule has 1 atom stereocenters. The van der Waals surface area contributed by atoms with Gasteiger partial charge in [0.2, 0.25) is 5.91 Å². The highest BCUT2D eigenvalue weighted by Crippen LogP contribution is 2.32. The maximum atomic E-state index is 11.1. The van der Waals surface area contributed by atoms with Crippen LogP contribution < -0.4 is 5.32 Å². The Balaban J connectivity index is 2.37. The van der Waals surface area contributed by atoms with Crippen LogP contribution in [0, 0.1) is 5.41 Å². The molecular formula is C10H20N2O. The Morgan fingerprint density at radius 2 is 2.31 bits per heavy atom. The van der Waals surface area contributed by atoms with Crippen LogP contribution in [-0.4, -0.2) is 37.5 Å². The quantitative estimate of drug-likeness (QED) is 0.705. The molecular weight excluding hydrogens is 164 g/mol. The summed E-state index contributed by atoms with van der Waals surface area (Å²) in [5.41, 5.74) is 0.439. The molecule has 1 heterocycles. The van der Waals surface area contributed by atoms with Gasteiger partial charge in [-0.3, -0.25) is 9.69 Å². The first kappa shape index (κ1) is 10.5. The van der Waals surface area contributed by atoms with Crippen LogP contribution in [0.1, 0.15) is 26.7 Å². The number of rotatable bonds is 3. The molecule has 3 nitrogen and oxygen atoms in total. The minimum atomic E-state index is 0.125. The van der Waals surface area contributed by atoms with Crippen LogP contribution in [0.3, 0.4) is 0 Å². The van der Waals surface area contributed by atoms with E-state index in [-0.39, 0.29) is 5.91 Å². The Hall–Kier alpha value is -0.570. The van der Waals surface area contributed by atoms with E-state index in [1.165, 1.54) is 12.8 Å². The van der Waals surface area contributed by atoms with Gasteiger partial charge in [-0.2, -0.15) is 0 Å². The van der Waals surface area contributed by atoms with E-state index in [9.17, 15) is 4.79 Å². The van der Waals surface area contributed by atoms with E-state index in [0.29, 0.717) is 12.0 Å². The van der Waals surface area contributed by atoms with Gasteiger partial charge >= 0.3 is 0 Å². The average Bonchev–Trinajstić information content (AvgIpc) is 2.48. The van der Waals surface area contributed by atoms with Gasteiger partial charge in [0, 0.05) is 13.6 Å². The van der Waals surface area contributed by atoms with Crippen molar-refractivity contribution in [3.63, 3.8) is 0 Å². The smallest absolute Gasteiger partial charge is 0.233 e. The van der Waals surface area contributed by atoms with Crippen LogP contribution in [-0.2, 0) is 4.79 Å². The van der Waals surface area contributed by atoms with Gasteiger partial charge < -0.3 is 5.32 Å². The predicted octanol–water partition coefficient (Wildman–Crippen LogP) is 0.854. The van der Waals surface area contributed by atoms with Gasteiger partial charge in [-0.25, -0.2) is 0 Å². The monoisotopic (exact) mass is 184 g/mol. The Kier molecular flexibility index (Phi) is 3.31. The lowest BCUT2D eigenvalue weighted by Gasteiger charge is -2.22. The first-order valence-electron chi connectivity index (χ1n) is 5.02. The predicted molar refractivity (Wildman–Crippen MR) is 53.5 cm³/mol. The molecule has 0 saturated carbocycles. The SMILES string of the molecule is CCC1(C)CCN(CC(=O)NC)C1. The summed E-state index contributed by atoms with van der Waals surface area (Å²) in [6.07, 6.45) is 2.43. The van der Waals surface area contributed by atoms with Crippen LogP contribution >= 0.6 is 0 Å². The van der Waals surface area contributed by atoms with Crippen molar-refractivity contribution in [1.29, 1.82) is 0 Å². The molecule has 1 amide bonds. The van der Waals surface area contributed by atoms with Crippen molar-refractivity contribution in [2.24, 2.45) is 5.41 Å². The molecule has 1 aliphatic heterocycles. The normalized spacial score (nSPS) is 29.2. The van der Waals surface area contributed by atoms with Crippen molar-refractivity contribution >= 4 is 5.91 Å². The molecule has 0 aliphatic carbocycles. The van der Waals surface area contributed by atoms with Crippen LogP contribution in [0.2, 0.25) is 0 Å². The molecule has 1 rings (SSSR count). The molecule has 13 heavy (non-hydrogen) atoms. The summed E-state index contributed by atoms with van der Waals surface area (Å²) in [5.74, 6) is 0.125. The molecule has 0 aromatic carbocycles. The highest BCUT2D eigenvalue weighted by molar-refractivity contribution is 5.77. The van der Waals surface area contributed by atoms with Gasteiger partial charge in [-0.1, -0.05) is 13.8 Å². The highest BCUT2D eigenvalue weighted by Gasteiger charge is 2.32. The Bertz CT molecular complexity index is 193. The summed E-state index contributed by atoms with van der Waals surface area (Å²) < 4.78 is 0. The Morgan fingerprint density at radius 3 is 2.77 bits per heavy atom. The molecule has 0 aromatic rings. The minimum Gasteiger partial charge on any atom is -0.358 e. The largest absolute Gasteiger partial charge is 0.358 e. The molecule has 1 N–H and O–H groups in total. The van der Waals surface area contributed by atoms with E-state index in [0.717, 1.165) is 13.1 Å². The van der Waals surface area contributed by atoms with Crippen molar-refractivity contribution in [1.82, 2.24) is 10.2 Å². The zero-order valence-corrected chi connectivity index (χ0v) is 8.89.